The number of aromatic nitrogens is 1. The summed E-state index contributed by atoms with van der Waals surface area (Å²) in [4.78, 5) is 14.5. The molecule has 141 valence electrons. The van der Waals surface area contributed by atoms with Crippen molar-refractivity contribution in [3.63, 3.8) is 0 Å². The molecular formula is C23H27N2O2. The van der Waals surface area contributed by atoms with Crippen LogP contribution in [0.2, 0.25) is 0 Å². The highest BCUT2D eigenvalue weighted by Crippen LogP contribution is 2.34. The minimum atomic E-state index is -0.0341. The zero-order chi connectivity index (χ0) is 18.6. The number of hydrogen-bond acceptors (Lipinski definition) is 2. The first-order valence-electron chi connectivity index (χ1n) is 10.1. The van der Waals surface area contributed by atoms with Crippen molar-refractivity contribution >= 4 is 5.91 Å². The lowest BCUT2D eigenvalue weighted by Gasteiger charge is -2.33. The van der Waals surface area contributed by atoms with E-state index < -0.39 is 0 Å². The average molecular weight is 363 g/mol. The summed E-state index contributed by atoms with van der Waals surface area (Å²) >= 11 is 0. The van der Waals surface area contributed by atoms with Crippen molar-refractivity contribution in [1.82, 2.24) is 4.90 Å². The summed E-state index contributed by atoms with van der Waals surface area (Å²) in [6.45, 7) is 1.51. The number of amides is 1. The first kappa shape index (κ1) is 18.0. The molecule has 1 aliphatic heterocycles. The Kier molecular flexibility index (Phi) is 5.42. The molecule has 0 N–H and O–H groups in total. The quantitative estimate of drug-likeness (QED) is 0.599. The van der Waals surface area contributed by atoms with Crippen LogP contribution in [0.3, 0.4) is 0 Å². The third-order valence-electron chi connectivity index (χ3n) is 5.95. The summed E-state index contributed by atoms with van der Waals surface area (Å²) in [6.07, 6.45) is 20.3. The number of pyridine rings is 1. The van der Waals surface area contributed by atoms with Crippen LogP contribution >= 0.6 is 0 Å². The van der Waals surface area contributed by atoms with Crippen LogP contribution in [0.1, 0.15) is 55.3 Å². The van der Waals surface area contributed by atoms with Gasteiger partial charge < -0.3 is 10.1 Å². The zero-order valence-corrected chi connectivity index (χ0v) is 15.8. The average Bonchev–Trinajstić information content (AvgIpc) is 2.74. The second kappa shape index (κ2) is 8.12. The molecule has 0 bridgehead atoms. The fourth-order valence-corrected chi connectivity index (χ4v) is 4.41. The summed E-state index contributed by atoms with van der Waals surface area (Å²) in [7, 11) is 0. The van der Waals surface area contributed by atoms with E-state index in [1.807, 2.05) is 4.90 Å². The third kappa shape index (κ3) is 4.15. The number of hydrogen-bond donors (Lipinski definition) is 0. The van der Waals surface area contributed by atoms with Gasteiger partial charge in [0, 0.05) is 19.2 Å². The van der Waals surface area contributed by atoms with E-state index in [1.165, 1.54) is 54.8 Å². The molecule has 1 saturated heterocycles. The van der Waals surface area contributed by atoms with Gasteiger partial charge in [0.05, 0.1) is 0 Å². The molecule has 1 aromatic heterocycles. The molecule has 2 heterocycles. The minimum absolute atomic E-state index is 0.0341. The van der Waals surface area contributed by atoms with E-state index in [-0.39, 0.29) is 5.91 Å². The van der Waals surface area contributed by atoms with E-state index in [1.54, 1.807) is 12.1 Å². The highest BCUT2D eigenvalue weighted by Gasteiger charge is 2.27. The van der Waals surface area contributed by atoms with Crippen LogP contribution in [-0.4, -0.2) is 23.9 Å². The van der Waals surface area contributed by atoms with E-state index >= 15 is 0 Å². The SMILES string of the molecule is O=C(c1ccc[n+]([O-])c1)N1CCC(C2=CC[CH]C(C3=CCCCC3)=C2)CC1. The number of rotatable bonds is 3. The summed E-state index contributed by atoms with van der Waals surface area (Å²) in [5.74, 6) is 0.496. The lowest BCUT2D eigenvalue weighted by atomic mass is 9.81. The van der Waals surface area contributed by atoms with Crippen LogP contribution in [0.4, 0.5) is 0 Å². The Bertz CT molecular complexity index is 798. The molecule has 0 spiro atoms. The molecule has 4 rings (SSSR count). The van der Waals surface area contributed by atoms with Crippen LogP contribution in [0.5, 0.6) is 0 Å². The van der Waals surface area contributed by atoms with Crippen molar-refractivity contribution in [1.29, 1.82) is 0 Å². The molecule has 1 amide bonds. The normalized spacial score (nSPS) is 21.3. The summed E-state index contributed by atoms with van der Waals surface area (Å²) < 4.78 is 0.690. The van der Waals surface area contributed by atoms with E-state index in [2.05, 4.69) is 24.6 Å². The number of piperidine rings is 1. The predicted molar refractivity (Wildman–Crippen MR) is 106 cm³/mol. The number of likely N-dealkylation sites (tertiary alicyclic amines) is 1. The van der Waals surface area contributed by atoms with Gasteiger partial charge in [-0.2, -0.15) is 4.73 Å². The van der Waals surface area contributed by atoms with Gasteiger partial charge in [-0.15, -0.1) is 0 Å². The molecule has 1 fully saturated rings. The molecule has 2 aliphatic carbocycles. The van der Waals surface area contributed by atoms with Gasteiger partial charge in [0.25, 0.3) is 5.91 Å². The maximum absolute atomic E-state index is 12.6. The van der Waals surface area contributed by atoms with Gasteiger partial charge in [0.15, 0.2) is 12.4 Å². The summed E-state index contributed by atoms with van der Waals surface area (Å²) in [5.41, 5.74) is 4.87. The zero-order valence-electron chi connectivity index (χ0n) is 15.8. The molecular weight excluding hydrogens is 336 g/mol. The van der Waals surface area contributed by atoms with Crippen molar-refractivity contribution < 1.29 is 9.52 Å². The Hall–Kier alpha value is -2.36. The molecule has 1 radical (unpaired) electrons. The molecule has 0 saturated carbocycles. The van der Waals surface area contributed by atoms with Crippen molar-refractivity contribution in [2.45, 2.75) is 44.9 Å². The monoisotopic (exact) mass is 363 g/mol. The number of nitrogens with zero attached hydrogens (tertiary/aromatic N) is 2. The van der Waals surface area contributed by atoms with Crippen LogP contribution in [0.15, 0.2) is 59.5 Å². The Morgan fingerprint density at radius 3 is 2.78 bits per heavy atom. The number of carbonyl (C=O) groups excluding carboxylic acids is 1. The molecule has 3 aliphatic rings. The summed E-state index contributed by atoms with van der Waals surface area (Å²) in [5, 5.41) is 11.4. The van der Waals surface area contributed by atoms with Crippen LogP contribution in [-0.2, 0) is 0 Å². The Morgan fingerprint density at radius 1 is 1.19 bits per heavy atom. The molecule has 0 aromatic carbocycles. The van der Waals surface area contributed by atoms with Gasteiger partial charge in [-0.1, -0.05) is 18.2 Å². The first-order chi connectivity index (χ1) is 13.2. The largest absolute Gasteiger partial charge is 0.619 e. The number of carbonyl (C=O) groups is 1. The maximum Gasteiger partial charge on any atom is 0.259 e. The first-order valence-corrected chi connectivity index (χ1v) is 10.1. The second-order valence-corrected chi connectivity index (χ2v) is 7.74. The van der Waals surface area contributed by atoms with Crippen LogP contribution in [0.25, 0.3) is 0 Å². The topological polar surface area (TPSA) is 47.2 Å². The fraction of sp³-hybridized carbons (Fsp3) is 0.435. The molecule has 0 atom stereocenters. The molecule has 27 heavy (non-hydrogen) atoms. The Morgan fingerprint density at radius 2 is 2.04 bits per heavy atom. The van der Waals surface area contributed by atoms with Crippen LogP contribution in [0, 0.1) is 17.5 Å². The fourth-order valence-electron chi connectivity index (χ4n) is 4.41. The van der Waals surface area contributed by atoms with Crippen molar-refractivity contribution in [2.75, 3.05) is 13.1 Å². The van der Waals surface area contributed by atoms with Crippen molar-refractivity contribution in [2.24, 2.45) is 5.92 Å². The minimum Gasteiger partial charge on any atom is -0.619 e. The van der Waals surface area contributed by atoms with Crippen molar-refractivity contribution in [3.8, 4) is 0 Å². The van der Waals surface area contributed by atoms with E-state index in [0.717, 1.165) is 32.4 Å². The van der Waals surface area contributed by atoms with Crippen molar-refractivity contribution in [3.05, 3.63) is 76.7 Å². The second-order valence-electron chi connectivity index (χ2n) is 7.74. The van der Waals surface area contributed by atoms with Gasteiger partial charge in [0.2, 0.25) is 0 Å². The summed E-state index contributed by atoms with van der Waals surface area (Å²) in [6, 6.07) is 3.35. The molecule has 0 unspecified atom stereocenters. The smallest absolute Gasteiger partial charge is 0.259 e. The Balaban J connectivity index is 1.39. The van der Waals surface area contributed by atoms with Crippen LogP contribution < -0.4 is 4.73 Å². The van der Waals surface area contributed by atoms with Gasteiger partial charge in [-0.05, 0) is 80.1 Å². The standard InChI is InChI=1S/C23H27N2O2/c26-23(22-10-5-13-25(27)17-22)24-14-11-19(12-15-24)21-9-4-8-20(16-21)18-6-2-1-3-7-18/h5-6,8-10,13,16-17,19H,1-4,7,11-12,14-15H2. The van der Waals surface area contributed by atoms with Gasteiger partial charge in [-0.3, -0.25) is 4.79 Å². The predicted octanol–water partition coefficient (Wildman–Crippen LogP) is 4.13. The van der Waals surface area contributed by atoms with Gasteiger partial charge in [-0.25, -0.2) is 0 Å². The lowest BCUT2D eigenvalue weighted by molar-refractivity contribution is -0.605. The third-order valence-corrected chi connectivity index (χ3v) is 5.95. The molecule has 1 aromatic rings. The lowest BCUT2D eigenvalue weighted by Crippen LogP contribution is -2.40. The maximum atomic E-state index is 12.6. The Labute approximate surface area is 161 Å². The van der Waals surface area contributed by atoms with Gasteiger partial charge in [0.1, 0.15) is 5.56 Å². The molecule has 4 heteroatoms. The van der Waals surface area contributed by atoms with E-state index in [9.17, 15) is 10.0 Å². The van der Waals surface area contributed by atoms with E-state index in [4.69, 9.17) is 0 Å². The van der Waals surface area contributed by atoms with E-state index in [0.29, 0.717) is 16.2 Å². The van der Waals surface area contributed by atoms with Gasteiger partial charge >= 0.3 is 0 Å². The highest BCUT2D eigenvalue weighted by atomic mass is 16.5. The molecule has 4 nitrogen and oxygen atoms in total. The number of allylic oxidation sites excluding steroid dienone is 6. The highest BCUT2D eigenvalue weighted by molar-refractivity contribution is 5.93.